The Morgan fingerprint density at radius 1 is 1.33 bits per heavy atom. The molecule has 1 atom stereocenters. The number of nitrogens with zero attached hydrogens (tertiary/aromatic N) is 1. The lowest BCUT2D eigenvalue weighted by atomic mass is 10.0. The summed E-state index contributed by atoms with van der Waals surface area (Å²) in [5, 5.41) is -0.315. The van der Waals surface area contributed by atoms with Crippen LogP contribution in [-0.2, 0) is 21.2 Å². The average molecular weight is 310 g/mol. The predicted molar refractivity (Wildman–Crippen MR) is 82.9 cm³/mol. The Labute approximate surface area is 126 Å². The number of hydrogen-bond donors (Lipinski definition) is 1. The highest BCUT2D eigenvalue weighted by atomic mass is 32.2. The zero-order valence-electron chi connectivity index (χ0n) is 12.3. The van der Waals surface area contributed by atoms with E-state index in [0.717, 1.165) is 23.2 Å². The van der Waals surface area contributed by atoms with Gasteiger partial charge in [0, 0.05) is 25.8 Å². The second-order valence-corrected chi connectivity index (χ2v) is 7.99. The maximum absolute atomic E-state index is 12.8. The molecule has 0 radical (unpaired) electrons. The molecule has 0 amide bonds. The summed E-state index contributed by atoms with van der Waals surface area (Å²) in [7, 11) is -3.29. The zero-order chi connectivity index (χ0) is 15.0. The maximum atomic E-state index is 12.8. The van der Waals surface area contributed by atoms with Gasteiger partial charge in [0.15, 0.2) is 0 Å². The van der Waals surface area contributed by atoms with Crippen molar-refractivity contribution < 1.29 is 13.2 Å². The molecule has 1 saturated heterocycles. The maximum Gasteiger partial charge on any atom is 0.238 e. The molecule has 116 valence electrons. The van der Waals surface area contributed by atoms with E-state index in [9.17, 15) is 8.42 Å². The first kappa shape index (κ1) is 14.8. The number of fused-ring (bicyclic) bond motifs is 1. The third kappa shape index (κ3) is 2.67. The fourth-order valence-electron chi connectivity index (χ4n) is 3.09. The number of benzene rings is 1. The lowest BCUT2D eigenvalue weighted by molar-refractivity contribution is 0.0983. The first-order valence-corrected chi connectivity index (χ1v) is 8.98. The van der Waals surface area contributed by atoms with E-state index >= 15 is 0 Å². The number of anilines is 1. The third-order valence-electron chi connectivity index (χ3n) is 4.38. The van der Waals surface area contributed by atoms with Gasteiger partial charge in [-0.2, -0.15) is 0 Å². The second kappa shape index (κ2) is 5.59. The van der Waals surface area contributed by atoms with Crippen LogP contribution < -0.4 is 10.0 Å². The summed E-state index contributed by atoms with van der Waals surface area (Å²) in [6.07, 6.45) is 1.94. The Bertz CT molecular complexity index is 622. The van der Waals surface area contributed by atoms with Crippen LogP contribution in [0.1, 0.15) is 36.9 Å². The summed E-state index contributed by atoms with van der Waals surface area (Å²) in [6, 6.07) is 5.84. The van der Waals surface area contributed by atoms with E-state index in [1.165, 1.54) is 0 Å². The van der Waals surface area contributed by atoms with E-state index in [0.29, 0.717) is 32.6 Å². The number of nitrogens with two attached hydrogens (primary N) is 1. The second-order valence-electron chi connectivity index (χ2n) is 5.86. The van der Waals surface area contributed by atoms with Gasteiger partial charge in [-0.05, 0) is 43.4 Å². The van der Waals surface area contributed by atoms with Gasteiger partial charge in [0.1, 0.15) is 0 Å². The van der Waals surface area contributed by atoms with Crippen LogP contribution in [0.15, 0.2) is 18.2 Å². The Kier molecular flexibility index (Phi) is 3.94. The Hall–Kier alpha value is -1.11. The summed E-state index contributed by atoms with van der Waals surface area (Å²) in [5.74, 6) is 0. The standard InChI is InChI=1S/C15H22N2O3S/c1-11(16)12-2-3-15-13(10-12)4-7-17(15)21(18,19)14-5-8-20-9-6-14/h2-3,10-11,14H,4-9,16H2,1H3. The third-order valence-corrected chi connectivity index (χ3v) is 6.69. The molecule has 0 aliphatic carbocycles. The molecule has 1 aromatic rings. The van der Waals surface area contributed by atoms with Gasteiger partial charge < -0.3 is 10.5 Å². The van der Waals surface area contributed by atoms with Crippen molar-refractivity contribution in [3.05, 3.63) is 29.3 Å². The SMILES string of the molecule is CC(N)c1ccc2c(c1)CCN2S(=O)(=O)C1CCOCC1. The highest BCUT2D eigenvalue weighted by molar-refractivity contribution is 7.93. The van der Waals surface area contributed by atoms with E-state index in [-0.39, 0.29) is 11.3 Å². The topological polar surface area (TPSA) is 72.6 Å². The molecule has 0 spiro atoms. The summed E-state index contributed by atoms with van der Waals surface area (Å²) >= 11 is 0. The molecule has 6 heteroatoms. The number of ether oxygens (including phenoxy) is 1. The van der Waals surface area contributed by atoms with Crippen molar-refractivity contribution in [2.24, 2.45) is 5.73 Å². The fourth-order valence-corrected chi connectivity index (χ4v) is 5.04. The molecule has 21 heavy (non-hydrogen) atoms. The molecule has 1 unspecified atom stereocenters. The van der Waals surface area contributed by atoms with E-state index in [2.05, 4.69) is 0 Å². The van der Waals surface area contributed by atoms with E-state index in [4.69, 9.17) is 10.5 Å². The smallest absolute Gasteiger partial charge is 0.238 e. The van der Waals surface area contributed by atoms with Crippen LogP contribution in [0.2, 0.25) is 0 Å². The molecule has 3 rings (SSSR count). The lowest BCUT2D eigenvalue weighted by Crippen LogP contribution is -2.40. The van der Waals surface area contributed by atoms with Crippen molar-refractivity contribution in [1.29, 1.82) is 0 Å². The minimum absolute atomic E-state index is 0.0311. The average Bonchev–Trinajstić information content (AvgIpc) is 2.91. The minimum Gasteiger partial charge on any atom is -0.381 e. The number of rotatable bonds is 3. The zero-order valence-corrected chi connectivity index (χ0v) is 13.1. The first-order valence-electron chi connectivity index (χ1n) is 7.48. The Balaban J connectivity index is 1.89. The molecule has 5 nitrogen and oxygen atoms in total. The van der Waals surface area contributed by atoms with E-state index < -0.39 is 10.0 Å². The molecule has 2 aliphatic rings. The lowest BCUT2D eigenvalue weighted by Gasteiger charge is -2.28. The monoisotopic (exact) mass is 310 g/mol. The van der Waals surface area contributed by atoms with Crippen LogP contribution in [0.4, 0.5) is 5.69 Å². The van der Waals surface area contributed by atoms with Crippen molar-refractivity contribution in [3.8, 4) is 0 Å². The Morgan fingerprint density at radius 2 is 2.05 bits per heavy atom. The van der Waals surface area contributed by atoms with E-state index in [1.807, 2.05) is 25.1 Å². The molecule has 0 saturated carbocycles. The first-order chi connectivity index (χ1) is 10.00. The van der Waals surface area contributed by atoms with Crippen molar-refractivity contribution >= 4 is 15.7 Å². The molecule has 1 aromatic carbocycles. The number of sulfonamides is 1. The minimum atomic E-state index is -3.29. The van der Waals surface area contributed by atoms with Gasteiger partial charge in [-0.25, -0.2) is 8.42 Å². The van der Waals surface area contributed by atoms with Gasteiger partial charge in [-0.1, -0.05) is 12.1 Å². The van der Waals surface area contributed by atoms with Crippen molar-refractivity contribution in [1.82, 2.24) is 0 Å². The van der Waals surface area contributed by atoms with Gasteiger partial charge >= 0.3 is 0 Å². The van der Waals surface area contributed by atoms with Gasteiger partial charge in [0.2, 0.25) is 10.0 Å². The van der Waals surface area contributed by atoms with Crippen LogP contribution in [0.3, 0.4) is 0 Å². The van der Waals surface area contributed by atoms with Crippen LogP contribution in [0.25, 0.3) is 0 Å². The summed E-state index contributed by atoms with van der Waals surface area (Å²) < 4.78 is 32.5. The summed E-state index contributed by atoms with van der Waals surface area (Å²) in [6.45, 7) is 3.55. The molecule has 2 heterocycles. The van der Waals surface area contributed by atoms with Gasteiger partial charge in [0.25, 0.3) is 0 Å². The molecule has 0 aromatic heterocycles. The largest absolute Gasteiger partial charge is 0.381 e. The van der Waals surface area contributed by atoms with Crippen LogP contribution in [-0.4, -0.2) is 33.4 Å². The quantitative estimate of drug-likeness (QED) is 0.920. The number of hydrogen-bond acceptors (Lipinski definition) is 4. The highest BCUT2D eigenvalue weighted by Gasteiger charge is 2.36. The predicted octanol–water partition coefficient (Wildman–Crippen LogP) is 1.58. The molecule has 0 bridgehead atoms. The van der Waals surface area contributed by atoms with Gasteiger partial charge in [0.05, 0.1) is 10.9 Å². The van der Waals surface area contributed by atoms with Gasteiger partial charge in [-0.3, -0.25) is 4.31 Å². The molecule has 2 aliphatic heterocycles. The normalized spacial score (nSPS) is 21.3. The van der Waals surface area contributed by atoms with Crippen LogP contribution >= 0.6 is 0 Å². The summed E-state index contributed by atoms with van der Waals surface area (Å²) in [4.78, 5) is 0. The molecule has 1 fully saturated rings. The molecular formula is C15H22N2O3S. The fraction of sp³-hybridized carbons (Fsp3) is 0.600. The van der Waals surface area contributed by atoms with Crippen LogP contribution in [0.5, 0.6) is 0 Å². The molecular weight excluding hydrogens is 288 g/mol. The molecule has 2 N–H and O–H groups in total. The Morgan fingerprint density at radius 3 is 2.71 bits per heavy atom. The summed E-state index contributed by atoms with van der Waals surface area (Å²) in [5.41, 5.74) is 8.86. The van der Waals surface area contributed by atoms with Crippen molar-refractivity contribution in [2.45, 2.75) is 37.5 Å². The van der Waals surface area contributed by atoms with Crippen molar-refractivity contribution in [3.63, 3.8) is 0 Å². The van der Waals surface area contributed by atoms with Crippen LogP contribution in [0, 0.1) is 0 Å². The van der Waals surface area contributed by atoms with E-state index in [1.54, 1.807) is 4.31 Å². The highest BCUT2D eigenvalue weighted by Crippen LogP contribution is 2.34. The van der Waals surface area contributed by atoms with Crippen molar-refractivity contribution in [2.75, 3.05) is 24.1 Å². The van der Waals surface area contributed by atoms with Gasteiger partial charge in [-0.15, -0.1) is 0 Å².